The second kappa shape index (κ2) is 8.23. The first-order chi connectivity index (χ1) is 11.5. The molecule has 0 aliphatic carbocycles. The molecule has 5 N–H and O–H groups in total. The third-order valence-electron chi connectivity index (χ3n) is 3.09. The van der Waals surface area contributed by atoms with Crippen molar-refractivity contribution in [3.63, 3.8) is 0 Å². The van der Waals surface area contributed by atoms with E-state index in [1.807, 2.05) is 25.1 Å². The third kappa shape index (κ3) is 5.49. The van der Waals surface area contributed by atoms with Crippen LogP contribution in [0.1, 0.15) is 11.3 Å². The number of amides is 2. The number of benzene rings is 1. The number of hydrogen-bond donors (Lipinski definition) is 5. The second-order valence-corrected chi connectivity index (χ2v) is 5.38. The zero-order valence-electron chi connectivity index (χ0n) is 13.6. The molecular formula is C16H21N5O3. The van der Waals surface area contributed by atoms with E-state index in [1.165, 1.54) is 0 Å². The normalized spacial score (nSPS) is 11.7. The standard InChI is InChI=1S/C16H21N5O3/c1-10-4-3-5-12(6-10)19-16(24)21-15-18-11(2)7-14(20-15)17-8-13(23)9-22/h3-7,13,22-23H,8-9H2,1-2H3,(H3,17,18,19,20,21,24). The van der Waals surface area contributed by atoms with Gasteiger partial charge in [-0.05, 0) is 31.5 Å². The number of carbonyl (C=O) groups is 1. The Kier molecular flexibility index (Phi) is 6.05. The molecule has 2 rings (SSSR count). The smallest absolute Gasteiger partial charge is 0.326 e. The van der Waals surface area contributed by atoms with E-state index in [2.05, 4.69) is 25.9 Å². The summed E-state index contributed by atoms with van der Waals surface area (Å²) in [7, 11) is 0. The molecule has 0 aliphatic rings. The lowest BCUT2D eigenvalue weighted by molar-refractivity contribution is 0.105. The molecule has 2 amide bonds. The zero-order chi connectivity index (χ0) is 17.5. The quantitative estimate of drug-likeness (QED) is 0.547. The van der Waals surface area contributed by atoms with E-state index in [0.29, 0.717) is 17.2 Å². The maximum atomic E-state index is 12.0. The van der Waals surface area contributed by atoms with Crippen LogP contribution in [0.3, 0.4) is 0 Å². The first kappa shape index (κ1) is 17.6. The lowest BCUT2D eigenvalue weighted by Crippen LogP contribution is -2.24. The summed E-state index contributed by atoms with van der Waals surface area (Å²) in [5.41, 5.74) is 2.36. The number of rotatable bonds is 6. The highest BCUT2D eigenvalue weighted by atomic mass is 16.3. The molecule has 0 aliphatic heterocycles. The van der Waals surface area contributed by atoms with Crippen molar-refractivity contribution in [2.24, 2.45) is 0 Å². The minimum absolute atomic E-state index is 0.140. The van der Waals surface area contributed by atoms with E-state index in [0.717, 1.165) is 5.56 Å². The summed E-state index contributed by atoms with van der Waals surface area (Å²) in [6.45, 7) is 3.49. The Balaban J connectivity index is 2.00. The Morgan fingerprint density at radius 2 is 2.00 bits per heavy atom. The van der Waals surface area contributed by atoms with Crippen LogP contribution < -0.4 is 16.0 Å². The number of nitrogens with zero attached hydrogens (tertiary/aromatic N) is 2. The Bertz CT molecular complexity index is 708. The number of aryl methyl sites for hydroxylation is 2. The number of aliphatic hydroxyl groups is 2. The molecule has 0 saturated heterocycles. The first-order valence-corrected chi connectivity index (χ1v) is 7.49. The van der Waals surface area contributed by atoms with E-state index in [9.17, 15) is 9.90 Å². The van der Waals surface area contributed by atoms with Crippen LogP contribution in [-0.4, -0.2) is 45.5 Å². The highest BCUT2D eigenvalue weighted by molar-refractivity contribution is 5.98. The second-order valence-electron chi connectivity index (χ2n) is 5.38. The molecule has 1 atom stereocenters. The largest absolute Gasteiger partial charge is 0.394 e. The molecule has 0 saturated carbocycles. The fourth-order valence-corrected chi connectivity index (χ4v) is 1.99. The van der Waals surface area contributed by atoms with Crippen LogP contribution in [0.15, 0.2) is 30.3 Å². The van der Waals surface area contributed by atoms with Crippen LogP contribution in [0.4, 0.5) is 22.2 Å². The number of aliphatic hydroxyl groups excluding tert-OH is 2. The number of urea groups is 1. The average molecular weight is 331 g/mol. The van der Waals surface area contributed by atoms with E-state index in [4.69, 9.17) is 5.11 Å². The molecule has 2 aromatic rings. The van der Waals surface area contributed by atoms with Gasteiger partial charge >= 0.3 is 6.03 Å². The number of carbonyl (C=O) groups excluding carboxylic acids is 1. The molecule has 8 nitrogen and oxygen atoms in total. The summed E-state index contributed by atoms with van der Waals surface area (Å²) in [5.74, 6) is 0.585. The minimum atomic E-state index is -0.888. The van der Waals surface area contributed by atoms with Gasteiger partial charge in [0.05, 0.1) is 12.7 Å². The fraction of sp³-hybridized carbons (Fsp3) is 0.312. The minimum Gasteiger partial charge on any atom is -0.394 e. The van der Waals surface area contributed by atoms with Crippen molar-refractivity contribution in [3.8, 4) is 0 Å². The number of hydrogen-bond acceptors (Lipinski definition) is 6. The summed E-state index contributed by atoms with van der Waals surface area (Å²) in [5, 5.41) is 26.3. The molecule has 0 spiro atoms. The van der Waals surface area contributed by atoms with Gasteiger partial charge in [0, 0.05) is 24.0 Å². The fourth-order valence-electron chi connectivity index (χ4n) is 1.99. The van der Waals surface area contributed by atoms with Crippen LogP contribution in [0, 0.1) is 13.8 Å². The van der Waals surface area contributed by atoms with Crippen LogP contribution in [0.25, 0.3) is 0 Å². The molecule has 0 radical (unpaired) electrons. The number of aromatic nitrogens is 2. The lowest BCUT2D eigenvalue weighted by Gasteiger charge is -2.12. The third-order valence-corrected chi connectivity index (χ3v) is 3.09. The molecule has 1 heterocycles. The molecule has 1 aromatic carbocycles. The van der Waals surface area contributed by atoms with Gasteiger partial charge in [-0.3, -0.25) is 5.32 Å². The maximum Gasteiger partial charge on any atom is 0.326 e. The predicted molar refractivity (Wildman–Crippen MR) is 92.2 cm³/mol. The summed E-state index contributed by atoms with van der Waals surface area (Å²) in [6.07, 6.45) is -0.888. The van der Waals surface area contributed by atoms with E-state index in [-0.39, 0.29) is 19.1 Å². The van der Waals surface area contributed by atoms with Crippen molar-refractivity contribution in [1.82, 2.24) is 9.97 Å². The monoisotopic (exact) mass is 331 g/mol. The van der Waals surface area contributed by atoms with Gasteiger partial charge in [-0.2, -0.15) is 4.98 Å². The van der Waals surface area contributed by atoms with Gasteiger partial charge in [0.2, 0.25) is 5.95 Å². The van der Waals surface area contributed by atoms with E-state index in [1.54, 1.807) is 19.1 Å². The average Bonchev–Trinajstić information content (AvgIpc) is 2.52. The summed E-state index contributed by atoms with van der Waals surface area (Å²) in [6, 6.07) is 8.64. The highest BCUT2D eigenvalue weighted by Crippen LogP contribution is 2.12. The Morgan fingerprint density at radius 3 is 2.71 bits per heavy atom. The van der Waals surface area contributed by atoms with Crippen molar-refractivity contribution in [1.29, 1.82) is 0 Å². The molecule has 8 heteroatoms. The molecule has 1 unspecified atom stereocenters. The summed E-state index contributed by atoms with van der Waals surface area (Å²) < 4.78 is 0. The topological polar surface area (TPSA) is 119 Å². The van der Waals surface area contributed by atoms with Crippen molar-refractivity contribution in [3.05, 3.63) is 41.6 Å². The van der Waals surface area contributed by atoms with Gasteiger partial charge in [0.15, 0.2) is 0 Å². The molecule has 1 aromatic heterocycles. The molecular weight excluding hydrogens is 310 g/mol. The van der Waals surface area contributed by atoms with Crippen LogP contribution in [0.2, 0.25) is 0 Å². The Labute approximate surface area is 140 Å². The molecule has 0 bridgehead atoms. The summed E-state index contributed by atoms with van der Waals surface area (Å²) in [4.78, 5) is 20.3. The van der Waals surface area contributed by atoms with Crippen LogP contribution in [0.5, 0.6) is 0 Å². The molecule has 0 fully saturated rings. The van der Waals surface area contributed by atoms with E-state index < -0.39 is 12.1 Å². The highest BCUT2D eigenvalue weighted by Gasteiger charge is 2.08. The predicted octanol–water partition coefficient (Wildman–Crippen LogP) is 1.50. The van der Waals surface area contributed by atoms with Crippen LogP contribution in [-0.2, 0) is 0 Å². The first-order valence-electron chi connectivity index (χ1n) is 7.49. The van der Waals surface area contributed by atoms with Crippen molar-refractivity contribution < 1.29 is 15.0 Å². The van der Waals surface area contributed by atoms with Crippen molar-refractivity contribution in [2.75, 3.05) is 29.1 Å². The SMILES string of the molecule is Cc1cccc(NC(=O)Nc2nc(C)cc(NCC(O)CO)n2)c1. The number of anilines is 3. The lowest BCUT2D eigenvalue weighted by atomic mass is 10.2. The van der Waals surface area contributed by atoms with Crippen molar-refractivity contribution in [2.45, 2.75) is 20.0 Å². The van der Waals surface area contributed by atoms with Crippen molar-refractivity contribution >= 4 is 23.5 Å². The van der Waals surface area contributed by atoms with Gasteiger partial charge in [0.1, 0.15) is 5.82 Å². The van der Waals surface area contributed by atoms with Gasteiger partial charge in [-0.25, -0.2) is 9.78 Å². The summed E-state index contributed by atoms with van der Waals surface area (Å²) >= 11 is 0. The van der Waals surface area contributed by atoms with Gasteiger partial charge in [0.25, 0.3) is 0 Å². The Morgan fingerprint density at radius 1 is 1.21 bits per heavy atom. The molecule has 24 heavy (non-hydrogen) atoms. The maximum absolute atomic E-state index is 12.0. The zero-order valence-corrected chi connectivity index (χ0v) is 13.6. The van der Waals surface area contributed by atoms with Gasteiger partial charge < -0.3 is 20.8 Å². The Hall–Kier alpha value is -2.71. The van der Waals surface area contributed by atoms with Crippen LogP contribution >= 0.6 is 0 Å². The molecule has 128 valence electrons. The number of nitrogens with one attached hydrogen (secondary N) is 3. The van der Waals surface area contributed by atoms with E-state index >= 15 is 0 Å². The van der Waals surface area contributed by atoms with Gasteiger partial charge in [-0.15, -0.1) is 0 Å². The van der Waals surface area contributed by atoms with Gasteiger partial charge in [-0.1, -0.05) is 12.1 Å².